The molecule has 4 heteroatoms. The van der Waals surface area contributed by atoms with Gasteiger partial charge < -0.3 is 10.2 Å². The minimum Gasteiger partial charge on any atom is -0.379 e. The topological polar surface area (TPSA) is 28.2 Å². The molecule has 1 saturated heterocycles. The number of pyridine rings is 1. The Labute approximate surface area is 147 Å². The number of likely N-dealkylation sites (tertiary alicyclic amines) is 1. The molecule has 4 rings (SSSR count). The van der Waals surface area contributed by atoms with Crippen LogP contribution in [0.5, 0.6) is 0 Å². The maximum absolute atomic E-state index is 6.49. The third-order valence-electron chi connectivity index (χ3n) is 4.69. The second-order valence-corrected chi connectivity index (χ2v) is 7.02. The first kappa shape index (κ1) is 15.4. The van der Waals surface area contributed by atoms with E-state index in [1.54, 1.807) is 0 Å². The molecule has 3 nitrogen and oxygen atoms in total. The molecular weight excluding hydrogens is 318 g/mol. The molecule has 0 atom stereocenters. The predicted molar refractivity (Wildman–Crippen MR) is 102 cm³/mol. The van der Waals surface area contributed by atoms with Crippen LogP contribution < -0.4 is 5.32 Å². The van der Waals surface area contributed by atoms with Gasteiger partial charge >= 0.3 is 0 Å². The fourth-order valence-electron chi connectivity index (χ4n) is 3.48. The summed E-state index contributed by atoms with van der Waals surface area (Å²) in [4.78, 5) is 6.60. The molecule has 1 aliphatic rings. The highest BCUT2D eigenvalue weighted by Crippen LogP contribution is 2.36. The fourth-order valence-corrected chi connectivity index (χ4v) is 3.81. The summed E-state index contributed by atoms with van der Waals surface area (Å²) < 4.78 is 0. The predicted octanol–water partition coefficient (Wildman–Crippen LogP) is 4.59. The lowest BCUT2D eigenvalue weighted by Crippen LogP contribution is -2.52. The smallest absolute Gasteiger partial charge is 0.0515 e. The summed E-state index contributed by atoms with van der Waals surface area (Å²) in [5.41, 5.74) is 4.56. The summed E-state index contributed by atoms with van der Waals surface area (Å²) >= 11 is 6.49. The van der Waals surface area contributed by atoms with Gasteiger partial charge in [0.2, 0.25) is 0 Å². The molecule has 0 radical (unpaired) electrons. The molecule has 2 heterocycles. The number of hydrogen-bond donors (Lipinski definition) is 1. The Morgan fingerprint density at radius 1 is 1.21 bits per heavy atom. The van der Waals surface area contributed by atoms with Crippen molar-refractivity contribution in [1.29, 1.82) is 0 Å². The zero-order valence-corrected chi connectivity index (χ0v) is 14.6. The molecular formula is C20H20ClN3. The van der Waals surface area contributed by atoms with Crippen molar-refractivity contribution in [2.24, 2.45) is 0 Å². The van der Waals surface area contributed by atoms with Gasteiger partial charge in [-0.25, -0.2) is 0 Å². The molecule has 0 unspecified atom stereocenters. The number of halogens is 1. The van der Waals surface area contributed by atoms with Crippen molar-refractivity contribution >= 4 is 28.1 Å². The van der Waals surface area contributed by atoms with Gasteiger partial charge in [-0.05, 0) is 49.4 Å². The molecule has 0 saturated carbocycles. The van der Waals surface area contributed by atoms with Crippen LogP contribution in [0.4, 0.5) is 5.69 Å². The first-order valence-electron chi connectivity index (χ1n) is 8.20. The van der Waals surface area contributed by atoms with Crippen LogP contribution in [0.1, 0.15) is 5.56 Å². The van der Waals surface area contributed by atoms with E-state index in [2.05, 4.69) is 53.4 Å². The van der Waals surface area contributed by atoms with Crippen molar-refractivity contribution in [3.05, 3.63) is 59.4 Å². The number of aryl methyl sites for hydroxylation is 1. The summed E-state index contributed by atoms with van der Waals surface area (Å²) in [5, 5.41) is 6.80. The number of likely N-dealkylation sites (N-methyl/N-ethyl adjacent to an activating group) is 1. The molecule has 1 N–H and O–H groups in total. The number of anilines is 1. The molecule has 0 bridgehead atoms. The number of nitrogens with zero attached hydrogens (tertiary/aromatic N) is 2. The van der Waals surface area contributed by atoms with Crippen molar-refractivity contribution in [2.45, 2.75) is 13.0 Å². The van der Waals surface area contributed by atoms with Gasteiger partial charge in [-0.1, -0.05) is 23.7 Å². The molecule has 2 aromatic carbocycles. The van der Waals surface area contributed by atoms with E-state index in [9.17, 15) is 0 Å². The second kappa shape index (κ2) is 6.08. The molecule has 0 amide bonds. The quantitative estimate of drug-likeness (QED) is 0.757. The molecule has 24 heavy (non-hydrogen) atoms. The van der Waals surface area contributed by atoms with Gasteiger partial charge in [0.25, 0.3) is 0 Å². The van der Waals surface area contributed by atoms with Crippen LogP contribution in [0.2, 0.25) is 5.02 Å². The standard InChI is InChI=1S/C20H20ClN3/c1-13-4-3-5-18(21)20(13)14-8-15-10-22-7-6-17(15)19(9-14)23-16-11-24(2)12-16/h3-10,16,23H,11-12H2,1-2H3. The van der Waals surface area contributed by atoms with Crippen molar-refractivity contribution in [3.8, 4) is 11.1 Å². The Morgan fingerprint density at radius 3 is 2.79 bits per heavy atom. The van der Waals surface area contributed by atoms with Gasteiger partial charge in [-0.3, -0.25) is 4.98 Å². The highest BCUT2D eigenvalue weighted by Gasteiger charge is 2.23. The summed E-state index contributed by atoms with van der Waals surface area (Å²) in [5.74, 6) is 0. The van der Waals surface area contributed by atoms with Crippen LogP contribution in [0.15, 0.2) is 48.8 Å². The third-order valence-corrected chi connectivity index (χ3v) is 5.00. The minimum atomic E-state index is 0.494. The largest absolute Gasteiger partial charge is 0.379 e. The molecule has 0 spiro atoms. The monoisotopic (exact) mass is 337 g/mol. The normalized spacial score (nSPS) is 15.5. The first-order chi connectivity index (χ1) is 11.6. The Hall–Kier alpha value is -2.10. The highest BCUT2D eigenvalue weighted by molar-refractivity contribution is 6.33. The zero-order chi connectivity index (χ0) is 16.7. The number of hydrogen-bond acceptors (Lipinski definition) is 3. The van der Waals surface area contributed by atoms with Gasteiger partial charge in [-0.15, -0.1) is 0 Å². The summed E-state index contributed by atoms with van der Waals surface area (Å²) in [6.45, 7) is 4.24. The van der Waals surface area contributed by atoms with Crippen LogP contribution in [0.3, 0.4) is 0 Å². The lowest BCUT2D eigenvalue weighted by Gasteiger charge is -2.37. The summed E-state index contributed by atoms with van der Waals surface area (Å²) in [6, 6.07) is 13.0. The van der Waals surface area contributed by atoms with Crippen LogP contribution in [0.25, 0.3) is 21.9 Å². The number of aromatic nitrogens is 1. The zero-order valence-electron chi connectivity index (χ0n) is 13.9. The van der Waals surface area contributed by atoms with E-state index in [1.807, 2.05) is 24.5 Å². The molecule has 1 fully saturated rings. The van der Waals surface area contributed by atoms with E-state index >= 15 is 0 Å². The van der Waals surface area contributed by atoms with Crippen LogP contribution in [-0.4, -0.2) is 36.1 Å². The van der Waals surface area contributed by atoms with Crippen molar-refractivity contribution in [2.75, 3.05) is 25.5 Å². The Kier molecular flexibility index (Phi) is 3.91. The Balaban J connectivity index is 1.85. The summed E-state index contributed by atoms with van der Waals surface area (Å²) in [6.07, 6.45) is 3.77. The molecule has 0 aliphatic carbocycles. The lowest BCUT2D eigenvalue weighted by atomic mass is 9.96. The van der Waals surface area contributed by atoms with E-state index in [4.69, 9.17) is 11.6 Å². The number of benzene rings is 2. The average molecular weight is 338 g/mol. The van der Waals surface area contributed by atoms with Crippen LogP contribution in [0, 0.1) is 6.92 Å². The summed E-state index contributed by atoms with van der Waals surface area (Å²) in [7, 11) is 2.14. The molecule has 122 valence electrons. The van der Waals surface area contributed by atoms with E-state index in [0.29, 0.717) is 6.04 Å². The molecule has 3 aromatic rings. The van der Waals surface area contributed by atoms with E-state index in [0.717, 1.165) is 40.3 Å². The van der Waals surface area contributed by atoms with Gasteiger partial charge in [0.1, 0.15) is 0 Å². The van der Waals surface area contributed by atoms with Gasteiger partial charge in [0.15, 0.2) is 0 Å². The van der Waals surface area contributed by atoms with Crippen LogP contribution >= 0.6 is 11.6 Å². The van der Waals surface area contributed by atoms with Gasteiger partial charge in [0, 0.05) is 52.5 Å². The number of rotatable bonds is 3. The van der Waals surface area contributed by atoms with Crippen molar-refractivity contribution in [3.63, 3.8) is 0 Å². The Morgan fingerprint density at radius 2 is 2.04 bits per heavy atom. The van der Waals surface area contributed by atoms with E-state index in [1.165, 1.54) is 10.9 Å². The average Bonchev–Trinajstić information content (AvgIpc) is 2.53. The lowest BCUT2D eigenvalue weighted by molar-refractivity contribution is 0.205. The maximum atomic E-state index is 6.49. The second-order valence-electron chi connectivity index (χ2n) is 6.61. The Bertz CT molecular complexity index is 880. The highest BCUT2D eigenvalue weighted by atomic mass is 35.5. The maximum Gasteiger partial charge on any atom is 0.0515 e. The molecule has 1 aromatic heterocycles. The number of fused-ring (bicyclic) bond motifs is 1. The van der Waals surface area contributed by atoms with Crippen LogP contribution in [-0.2, 0) is 0 Å². The van der Waals surface area contributed by atoms with Gasteiger partial charge in [0.05, 0.1) is 6.04 Å². The number of nitrogens with one attached hydrogen (secondary N) is 1. The van der Waals surface area contributed by atoms with E-state index < -0.39 is 0 Å². The molecule has 1 aliphatic heterocycles. The third kappa shape index (κ3) is 2.74. The van der Waals surface area contributed by atoms with E-state index in [-0.39, 0.29) is 0 Å². The first-order valence-corrected chi connectivity index (χ1v) is 8.58. The SMILES string of the molecule is Cc1cccc(Cl)c1-c1cc(NC2CN(C)C2)c2ccncc2c1. The van der Waals surface area contributed by atoms with Crippen molar-refractivity contribution < 1.29 is 0 Å². The fraction of sp³-hybridized carbons (Fsp3) is 0.250. The van der Waals surface area contributed by atoms with Crippen molar-refractivity contribution in [1.82, 2.24) is 9.88 Å². The van der Waals surface area contributed by atoms with Gasteiger partial charge in [-0.2, -0.15) is 0 Å². The minimum absolute atomic E-state index is 0.494.